The summed E-state index contributed by atoms with van der Waals surface area (Å²) in [5.41, 5.74) is 0.771. The molecular formula is C14H20O4. The standard InChI is InChI=1S/C14H20O4/c1-14(2)8-4-3-7-6-18-13(17)11(7)12(8)9(15)5-10(14)16/h3,8,10-13,16-17H,4-6H2,1-2H3/t8-,10-,11+,12-,13+/m1/s1. The summed E-state index contributed by atoms with van der Waals surface area (Å²) in [5, 5.41) is 20.1. The Morgan fingerprint density at radius 1 is 1.33 bits per heavy atom. The number of ketones is 1. The maximum atomic E-state index is 12.3. The maximum Gasteiger partial charge on any atom is 0.162 e. The number of allylic oxidation sites excluding steroid dienone is 1. The Bertz CT molecular complexity index is 412. The summed E-state index contributed by atoms with van der Waals surface area (Å²) in [4.78, 5) is 12.3. The minimum absolute atomic E-state index is 0.0759. The fraction of sp³-hybridized carbons (Fsp3) is 0.786. The van der Waals surface area contributed by atoms with Crippen LogP contribution in [-0.4, -0.2) is 35.0 Å². The Hall–Kier alpha value is -0.710. The number of carbonyl (C=O) groups excluding carboxylic acids is 1. The zero-order valence-electron chi connectivity index (χ0n) is 10.8. The predicted molar refractivity (Wildman–Crippen MR) is 64.5 cm³/mol. The average molecular weight is 252 g/mol. The van der Waals surface area contributed by atoms with Crippen molar-refractivity contribution in [3.8, 4) is 0 Å². The first-order valence-corrected chi connectivity index (χ1v) is 6.62. The van der Waals surface area contributed by atoms with Crippen LogP contribution in [0.2, 0.25) is 0 Å². The highest BCUT2D eigenvalue weighted by atomic mass is 16.6. The molecule has 1 aliphatic heterocycles. The molecule has 0 aromatic carbocycles. The van der Waals surface area contributed by atoms with Crippen molar-refractivity contribution in [3.05, 3.63) is 11.6 Å². The van der Waals surface area contributed by atoms with Crippen molar-refractivity contribution in [2.24, 2.45) is 23.2 Å². The third-order valence-electron chi connectivity index (χ3n) is 5.19. The predicted octanol–water partition coefficient (Wildman–Crippen LogP) is 0.874. The summed E-state index contributed by atoms with van der Waals surface area (Å²) >= 11 is 0. The first-order valence-electron chi connectivity index (χ1n) is 6.62. The summed E-state index contributed by atoms with van der Waals surface area (Å²) in [6.45, 7) is 4.47. The van der Waals surface area contributed by atoms with Gasteiger partial charge in [-0.1, -0.05) is 19.9 Å². The molecule has 18 heavy (non-hydrogen) atoms. The van der Waals surface area contributed by atoms with Crippen LogP contribution in [0, 0.1) is 23.2 Å². The Morgan fingerprint density at radius 3 is 2.78 bits per heavy atom. The van der Waals surface area contributed by atoms with Crippen molar-refractivity contribution >= 4 is 5.78 Å². The molecule has 0 radical (unpaired) electrons. The Balaban J connectivity index is 2.01. The fourth-order valence-electron chi connectivity index (χ4n) is 3.87. The van der Waals surface area contributed by atoms with Gasteiger partial charge in [0.15, 0.2) is 6.29 Å². The number of aliphatic hydroxyl groups excluding tert-OH is 2. The quantitative estimate of drug-likeness (QED) is 0.628. The highest BCUT2D eigenvalue weighted by Crippen LogP contribution is 2.53. The number of fused-ring (bicyclic) bond motifs is 3. The smallest absolute Gasteiger partial charge is 0.162 e. The van der Waals surface area contributed by atoms with Gasteiger partial charge in [-0.2, -0.15) is 0 Å². The van der Waals surface area contributed by atoms with Crippen LogP contribution < -0.4 is 0 Å². The van der Waals surface area contributed by atoms with Crippen LogP contribution in [0.5, 0.6) is 0 Å². The van der Waals surface area contributed by atoms with Crippen LogP contribution in [-0.2, 0) is 9.53 Å². The molecule has 100 valence electrons. The molecule has 0 spiro atoms. The van der Waals surface area contributed by atoms with Gasteiger partial charge in [0.25, 0.3) is 0 Å². The van der Waals surface area contributed by atoms with E-state index in [0.29, 0.717) is 6.61 Å². The first kappa shape index (κ1) is 12.3. The van der Waals surface area contributed by atoms with Gasteiger partial charge >= 0.3 is 0 Å². The van der Waals surface area contributed by atoms with Crippen LogP contribution in [0.15, 0.2) is 11.6 Å². The number of Topliss-reactive ketones (excluding diaryl/α,β-unsaturated/α-hetero) is 1. The van der Waals surface area contributed by atoms with Crippen molar-refractivity contribution in [1.29, 1.82) is 0 Å². The topological polar surface area (TPSA) is 66.8 Å². The van der Waals surface area contributed by atoms with Gasteiger partial charge in [0, 0.05) is 18.3 Å². The number of hydrogen-bond donors (Lipinski definition) is 2. The lowest BCUT2D eigenvalue weighted by Gasteiger charge is -2.50. The van der Waals surface area contributed by atoms with Gasteiger partial charge in [0.05, 0.1) is 12.7 Å². The third kappa shape index (κ3) is 1.52. The lowest BCUT2D eigenvalue weighted by atomic mass is 9.55. The second-order valence-corrected chi connectivity index (χ2v) is 6.38. The molecule has 0 unspecified atom stereocenters. The Morgan fingerprint density at radius 2 is 2.06 bits per heavy atom. The van der Waals surface area contributed by atoms with E-state index in [9.17, 15) is 15.0 Å². The number of aliphatic hydroxyl groups is 2. The van der Waals surface area contributed by atoms with Crippen LogP contribution in [0.25, 0.3) is 0 Å². The van der Waals surface area contributed by atoms with Gasteiger partial charge in [-0.05, 0) is 23.3 Å². The van der Waals surface area contributed by atoms with Crippen molar-refractivity contribution in [3.63, 3.8) is 0 Å². The van der Waals surface area contributed by atoms with E-state index in [1.54, 1.807) is 0 Å². The molecule has 0 aromatic rings. The second-order valence-electron chi connectivity index (χ2n) is 6.38. The van der Waals surface area contributed by atoms with Crippen LogP contribution in [0.4, 0.5) is 0 Å². The van der Waals surface area contributed by atoms with Gasteiger partial charge in [0.2, 0.25) is 0 Å². The summed E-state index contributed by atoms with van der Waals surface area (Å²) in [7, 11) is 0. The molecule has 2 N–H and O–H groups in total. The summed E-state index contributed by atoms with van der Waals surface area (Å²) < 4.78 is 5.26. The molecular weight excluding hydrogens is 232 g/mol. The molecule has 3 aliphatic rings. The number of carbonyl (C=O) groups is 1. The molecule has 0 aromatic heterocycles. The number of rotatable bonds is 0. The van der Waals surface area contributed by atoms with Gasteiger partial charge in [-0.3, -0.25) is 4.79 Å². The molecule has 1 heterocycles. The number of hydrogen-bond acceptors (Lipinski definition) is 4. The average Bonchev–Trinajstić information content (AvgIpc) is 2.68. The third-order valence-corrected chi connectivity index (χ3v) is 5.19. The Kier molecular flexibility index (Phi) is 2.66. The van der Waals surface area contributed by atoms with E-state index in [1.807, 2.05) is 13.8 Å². The van der Waals surface area contributed by atoms with Crippen molar-refractivity contribution in [2.75, 3.05) is 6.61 Å². The molecule has 0 amide bonds. The normalized spacial score (nSPS) is 46.3. The lowest BCUT2D eigenvalue weighted by molar-refractivity contribution is -0.156. The molecule has 1 saturated carbocycles. The minimum Gasteiger partial charge on any atom is -0.392 e. The van der Waals surface area contributed by atoms with Gasteiger partial charge < -0.3 is 14.9 Å². The fourth-order valence-corrected chi connectivity index (χ4v) is 3.87. The molecule has 0 bridgehead atoms. The zero-order valence-corrected chi connectivity index (χ0v) is 10.8. The molecule has 1 saturated heterocycles. The van der Waals surface area contributed by atoms with Crippen LogP contribution >= 0.6 is 0 Å². The summed E-state index contributed by atoms with van der Waals surface area (Å²) in [5.74, 6) is -0.213. The highest BCUT2D eigenvalue weighted by molar-refractivity contribution is 5.84. The van der Waals surface area contributed by atoms with E-state index < -0.39 is 12.4 Å². The Labute approximate surface area is 107 Å². The molecule has 4 heteroatoms. The number of ether oxygens (including phenoxy) is 1. The molecule has 2 aliphatic carbocycles. The van der Waals surface area contributed by atoms with E-state index in [-0.39, 0.29) is 35.4 Å². The highest BCUT2D eigenvalue weighted by Gasteiger charge is 2.55. The molecule has 4 nitrogen and oxygen atoms in total. The monoisotopic (exact) mass is 252 g/mol. The van der Waals surface area contributed by atoms with E-state index in [0.717, 1.165) is 12.0 Å². The van der Waals surface area contributed by atoms with Crippen LogP contribution in [0.1, 0.15) is 26.7 Å². The summed E-state index contributed by atoms with van der Waals surface area (Å²) in [6.07, 6.45) is 1.64. The SMILES string of the molecule is CC1(C)[C@H](O)CC(=O)[C@@H]2[C@@H]3C(=CC[C@H]21)CO[C@@H]3O. The maximum absolute atomic E-state index is 12.3. The van der Waals surface area contributed by atoms with Crippen molar-refractivity contribution in [2.45, 2.75) is 39.1 Å². The molecule has 5 atom stereocenters. The first-order chi connectivity index (χ1) is 8.43. The van der Waals surface area contributed by atoms with Crippen LogP contribution in [0.3, 0.4) is 0 Å². The second kappa shape index (κ2) is 3.89. The lowest BCUT2D eigenvalue weighted by Crippen LogP contribution is -2.53. The van der Waals surface area contributed by atoms with E-state index in [4.69, 9.17) is 4.74 Å². The van der Waals surface area contributed by atoms with Gasteiger partial charge in [-0.15, -0.1) is 0 Å². The summed E-state index contributed by atoms with van der Waals surface area (Å²) in [6, 6.07) is 0. The molecule has 2 fully saturated rings. The van der Waals surface area contributed by atoms with Gasteiger partial charge in [-0.25, -0.2) is 0 Å². The van der Waals surface area contributed by atoms with Crippen molar-refractivity contribution in [1.82, 2.24) is 0 Å². The zero-order chi connectivity index (χ0) is 13.1. The molecule has 3 rings (SSSR count). The van der Waals surface area contributed by atoms with Crippen molar-refractivity contribution < 1.29 is 19.7 Å². The largest absolute Gasteiger partial charge is 0.392 e. The van der Waals surface area contributed by atoms with Gasteiger partial charge in [0.1, 0.15) is 5.78 Å². The van der Waals surface area contributed by atoms with E-state index in [2.05, 4.69) is 6.08 Å². The van der Waals surface area contributed by atoms with E-state index in [1.165, 1.54) is 0 Å². The van der Waals surface area contributed by atoms with E-state index >= 15 is 0 Å². The minimum atomic E-state index is -0.862.